The standard InChI is InChI=1S/C27H30FN5O4/c28-20-7-9-21(10-8-20)36-17-24(34)33-13-4-2-1-3-12-30-26(35)22-14-19(15-23(22)33)27-31-25(32-37-27)18-6-5-11-29-16-18/h5-11,16,19,22-23H,1-4,12-15,17H2,(H,30,35). The molecule has 1 aliphatic heterocycles. The molecule has 2 fully saturated rings. The van der Waals surface area contributed by atoms with Crippen molar-refractivity contribution in [2.24, 2.45) is 5.92 Å². The number of amides is 2. The summed E-state index contributed by atoms with van der Waals surface area (Å²) < 4.78 is 24.5. The number of fused-ring (bicyclic) bond motifs is 1. The Bertz CT molecular complexity index is 1200. The van der Waals surface area contributed by atoms with Gasteiger partial charge in [0.25, 0.3) is 5.91 Å². The number of hydrogen-bond donors (Lipinski definition) is 1. The van der Waals surface area contributed by atoms with Crippen LogP contribution in [0, 0.1) is 11.7 Å². The van der Waals surface area contributed by atoms with Crippen molar-refractivity contribution in [1.29, 1.82) is 0 Å². The maximum atomic E-state index is 13.4. The third-order valence-corrected chi connectivity index (χ3v) is 7.10. The SMILES string of the molecule is O=C1NCCCCCCN(C(=O)COc2ccc(F)cc2)C2CC(c3nc(-c4cccnc4)no3)CC12. The second-order valence-electron chi connectivity index (χ2n) is 9.58. The van der Waals surface area contributed by atoms with Gasteiger partial charge in [-0.25, -0.2) is 4.39 Å². The molecular weight excluding hydrogens is 477 g/mol. The maximum Gasteiger partial charge on any atom is 0.260 e. The van der Waals surface area contributed by atoms with E-state index in [-0.39, 0.29) is 36.2 Å². The van der Waals surface area contributed by atoms with Crippen LogP contribution in [0.5, 0.6) is 5.75 Å². The Morgan fingerprint density at radius 1 is 1.14 bits per heavy atom. The van der Waals surface area contributed by atoms with Gasteiger partial charge in [-0.1, -0.05) is 18.0 Å². The quantitative estimate of drug-likeness (QED) is 0.560. The second kappa shape index (κ2) is 11.5. The van der Waals surface area contributed by atoms with Gasteiger partial charge in [0.15, 0.2) is 6.61 Å². The Kier molecular flexibility index (Phi) is 7.72. The number of nitrogens with one attached hydrogen (secondary N) is 1. The Morgan fingerprint density at radius 3 is 2.78 bits per heavy atom. The Morgan fingerprint density at radius 2 is 1.97 bits per heavy atom. The number of halogens is 1. The molecule has 0 radical (unpaired) electrons. The lowest BCUT2D eigenvalue weighted by molar-refractivity contribution is -0.138. The third-order valence-electron chi connectivity index (χ3n) is 7.10. The topological polar surface area (TPSA) is 110 Å². The number of benzene rings is 1. The van der Waals surface area contributed by atoms with E-state index in [9.17, 15) is 14.0 Å². The third kappa shape index (κ3) is 5.95. The average molecular weight is 508 g/mol. The number of hydrogen-bond acceptors (Lipinski definition) is 7. The first-order chi connectivity index (χ1) is 18.1. The highest BCUT2D eigenvalue weighted by molar-refractivity contribution is 5.83. The molecule has 1 aliphatic carbocycles. The summed E-state index contributed by atoms with van der Waals surface area (Å²) in [5.41, 5.74) is 0.748. The lowest BCUT2D eigenvalue weighted by Crippen LogP contribution is -2.48. The van der Waals surface area contributed by atoms with Gasteiger partial charge >= 0.3 is 0 Å². The van der Waals surface area contributed by atoms with Gasteiger partial charge in [0.05, 0.1) is 5.92 Å². The van der Waals surface area contributed by atoms with Crippen LogP contribution in [0.3, 0.4) is 0 Å². The van der Waals surface area contributed by atoms with Crippen LogP contribution in [0.4, 0.5) is 4.39 Å². The minimum absolute atomic E-state index is 0.0568. The largest absolute Gasteiger partial charge is 0.484 e. The van der Waals surface area contributed by atoms with E-state index < -0.39 is 5.92 Å². The molecule has 2 aromatic heterocycles. The van der Waals surface area contributed by atoms with Crippen molar-refractivity contribution >= 4 is 11.8 Å². The molecule has 0 bridgehead atoms. The molecule has 3 atom stereocenters. The van der Waals surface area contributed by atoms with Gasteiger partial charge in [0, 0.05) is 43.0 Å². The second-order valence-corrected chi connectivity index (χ2v) is 9.58. The summed E-state index contributed by atoms with van der Waals surface area (Å²) in [6, 6.07) is 8.91. The molecule has 2 aliphatic rings. The van der Waals surface area contributed by atoms with Gasteiger partial charge in [-0.2, -0.15) is 4.98 Å². The Hall–Kier alpha value is -3.82. The van der Waals surface area contributed by atoms with E-state index in [0.717, 1.165) is 31.2 Å². The van der Waals surface area contributed by atoms with Crippen molar-refractivity contribution in [2.75, 3.05) is 19.7 Å². The molecule has 1 N–H and O–H groups in total. The normalized spacial score (nSPS) is 22.6. The number of aromatic nitrogens is 3. The fourth-order valence-corrected chi connectivity index (χ4v) is 5.19. The van der Waals surface area contributed by atoms with Crippen LogP contribution in [0.1, 0.15) is 50.3 Å². The van der Waals surface area contributed by atoms with Crippen molar-refractivity contribution in [3.8, 4) is 17.1 Å². The first-order valence-electron chi connectivity index (χ1n) is 12.8. The van der Waals surface area contributed by atoms with Gasteiger partial charge in [-0.05, 0) is 62.1 Å². The molecule has 5 rings (SSSR count). The van der Waals surface area contributed by atoms with Gasteiger partial charge in [0.1, 0.15) is 11.6 Å². The zero-order valence-electron chi connectivity index (χ0n) is 20.5. The number of pyridine rings is 1. The summed E-state index contributed by atoms with van der Waals surface area (Å²) in [4.78, 5) is 37.1. The summed E-state index contributed by atoms with van der Waals surface area (Å²) in [6.07, 6.45) is 8.10. The molecule has 1 aromatic carbocycles. The zero-order valence-corrected chi connectivity index (χ0v) is 20.5. The predicted molar refractivity (Wildman–Crippen MR) is 132 cm³/mol. The van der Waals surface area contributed by atoms with E-state index >= 15 is 0 Å². The summed E-state index contributed by atoms with van der Waals surface area (Å²) in [6.45, 7) is 0.977. The van der Waals surface area contributed by atoms with Crippen LogP contribution in [0.2, 0.25) is 0 Å². The molecule has 10 heteroatoms. The minimum atomic E-state index is -0.397. The summed E-state index contributed by atoms with van der Waals surface area (Å²) in [5.74, 6) is 0.141. The maximum absolute atomic E-state index is 13.4. The van der Waals surface area contributed by atoms with Crippen LogP contribution in [-0.2, 0) is 9.59 Å². The highest BCUT2D eigenvalue weighted by atomic mass is 19.1. The predicted octanol–water partition coefficient (Wildman–Crippen LogP) is 3.73. The van der Waals surface area contributed by atoms with E-state index in [2.05, 4.69) is 20.4 Å². The highest BCUT2D eigenvalue weighted by Crippen LogP contribution is 2.41. The van der Waals surface area contributed by atoms with Gasteiger partial charge < -0.3 is 19.5 Å². The molecule has 3 heterocycles. The smallest absolute Gasteiger partial charge is 0.260 e. The molecule has 9 nitrogen and oxygen atoms in total. The van der Waals surface area contributed by atoms with Crippen molar-refractivity contribution in [3.63, 3.8) is 0 Å². The molecular formula is C27H30FN5O4. The fraction of sp³-hybridized carbons (Fsp3) is 0.444. The van der Waals surface area contributed by atoms with Crippen molar-refractivity contribution in [1.82, 2.24) is 25.3 Å². The summed E-state index contributed by atoms with van der Waals surface area (Å²) >= 11 is 0. The van der Waals surface area contributed by atoms with Crippen LogP contribution < -0.4 is 10.1 Å². The van der Waals surface area contributed by atoms with E-state index in [4.69, 9.17) is 9.26 Å². The lowest BCUT2D eigenvalue weighted by atomic mass is 10.00. The number of nitrogens with zero attached hydrogens (tertiary/aromatic N) is 4. The number of carbonyl (C=O) groups is 2. The summed E-state index contributed by atoms with van der Waals surface area (Å²) in [5, 5.41) is 7.17. The average Bonchev–Trinajstić information content (AvgIpc) is 3.57. The van der Waals surface area contributed by atoms with Crippen LogP contribution in [0.15, 0.2) is 53.3 Å². The highest BCUT2D eigenvalue weighted by Gasteiger charge is 2.45. The number of rotatable bonds is 5. The van der Waals surface area contributed by atoms with Gasteiger partial charge in [-0.15, -0.1) is 0 Å². The van der Waals surface area contributed by atoms with Gasteiger partial charge in [-0.3, -0.25) is 14.6 Å². The molecule has 3 unspecified atom stereocenters. The Balaban J connectivity index is 1.36. The molecule has 1 saturated heterocycles. The van der Waals surface area contributed by atoms with E-state index in [1.165, 1.54) is 24.3 Å². The van der Waals surface area contributed by atoms with Crippen molar-refractivity contribution < 1.29 is 23.2 Å². The van der Waals surface area contributed by atoms with E-state index in [0.29, 0.717) is 43.4 Å². The molecule has 2 amide bonds. The minimum Gasteiger partial charge on any atom is -0.484 e. The molecule has 3 aromatic rings. The van der Waals surface area contributed by atoms with Crippen LogP contribution >= 0.6 is 0 Å². The first-order valence-corrected chi connectivity index (χ1v) is 12.8. The number of carbonyl (C=O) groups excluding carboxylic acids is 2. The van der Waals surface area contributed by atoms with Crippen LogP contribution in [-0.4, -0.2) is 57.6 Å². The van der Waals surface area contributed by atoms with Crippen molar-refractivity contribution in [2.45, 2.75) is 50.5 Å². The molecule has 1 saturated carbocycles. The lowest BCUT2D eigenvalue weighted by Gasteiger charge is -2.32. The molecule has 194 valence electrons. The monoisotopic (exact) mass is 507 g/mol. The molecule has 0 spiro atoms. The fourth-order valence-electron chi connectivity index (χ4n) is 5.19. The van der Waals surface area contributed by atoms with Crippen molar-refractivity contribution in [3.05, 3.63) is 60.5 Å². The van der Waals surface area contributed by atoms with Gasteiger partial charge in [0.2, 0.25) is 17.6 Å². The van der Waals surface area contributed by atoms with E-state index in [1.54, 1.807) is 23.4 Å². The molecule has 37 heavy (non-hydrogen) atoms. The summed E-state index contributed by atoms with van der Waals surface area (Å²) in [7, 11) is 0. The zero-order chi connectivity index (χ0) is 25.6. The number of ether oxygens (including phenoxy) is 1. The Labute approximate surface area is 214 Å². The van der Waals surface area contributed by atoms with E-state index in [1.807, 2.05) is 6.07 Å². The van der Waals surface area contributed by atoms with Crippen LogP contribution in [0.25, 0.3) is 11.4 Å². The first kappa shape index (κ1) is 24.9.